The highest BCUT2D eigenvalue weighted by Gasteiger charge is 2.50. The van der Waals surface area contributed by atoms with Crippen molar-refractivity contribution in [1.82, 2.24) is 0 Å². The van der Waals surface area contributed by atoms with Crippen LogP contribution >= 0.6 is 119 Å². The summed E-state index contributed by atoms with van der Waals surface area (Å²) in [5.74, 6) is 0. The molecule has 13 heavy (non-hydrogen) atoms. The minimum Gasteiger partial charge on any atom is -0.0330 e. The van der Waals surface area contributed by atoms with Crippen molar-refractivity contribution in [2.24, 2.45) is 0 Å². The first kappa shape index (κ1) is 16.7. The lowest BCUT2D eigenvalue weighted by Crippen LogP contribution is -2.06. The summed E-state index contributed by atoms with van der Waals surface area (Å²) < 4.78 is -1.13. The fourth-order valence-corrected chi connectivity index (χ4v) is 30.1. The number of rotatable bonds is 3. The Bertz CT molecular complexity index is 137. The Morgan fingerprint density at radius 1 is 0.462 bits per heavy atom. The second kappa shape index (κ2) is 5.53. The molecule has 0 aliphatic carbocycles. The minimum atomic E-state index is -2.78. The molecule has 86 valence electrons. The van der Waals surface area contributed by atoms with Gasteiger partial charge < -0.3 is 0 Å². The van der Waals surface area contributed by atoms with Crippen LogP contribution in [0.25, 0.3) is 0 Å². The summed E-state index contributed by atoms with van der Waals surface area (Å²) in [5, 5.41) is 0. The van der Waals surface area contributed by atoms with Crippen molar-refractivity contribution in [3.63, 3.8) is 0 Å². The van der Waals surface area contributed by atoms with Crippen molar-refractivity contribution in [3.05, 3.63) is 0 Å². The molecule has 0 aromatic rings. The largest absolute Gasteiger partial charge is 0.163 e. The molecule has 0 heterocycles. The molecule has 0 aromatic carbocycles. The lowest BCUT2D eigenvalue weighted by Gasteiger charge is -2.41. The average Bonchev–Trinajstić information content (AvgIpc) is 1.44. The van der Waals surface area contributed by atoms with Gasteiger partial charge in [-0.2, -0.15) is 0 Å². The average molecular weight is 428 g/mol. The van der Waals surface area contributed by atoms with Gasteiger partial charge in [0, 0.05) is 23.0 Å². The van der Waals surface area contributed by atoms with Gasteiger partial charge in [0.2, 0.25) is 0 Å². The van der Waals surface area contributed by atoms with E-state index in [1.54, 1.807) is 0 Å². The molecule has 0 atom stereocenters. The molecule has 0 saturated heterocycles. The predicted molar refractivity (Wildman–Crippen MR) is 79.2 cm³/mol. The van der Waals surface area contributed by atoms with Crippen LogP contribution in [-0.4, -0.2) is 3.91 Å². The normalized spacial score (nSPS) is 18.9. The molecule has 0 aliphatic heterocycles. The number of hydrogen-bond acceptors (Lipinski definition) is 0. The van der Waals surface area contributed by atoms with Crippen LogP contribution in [0.1, 0.15) is 0 Å². The van der Waals surface area contributed by atoms with E-state index < -0.39 is 26.9 Å². The molecule has 0 bridgehead atoms. The van der Waals surface area contributed by atoms with E-state index in [0.29, 0.717) is 0 Å². The zero-order valence-corrected chi connectivity index (χ0v) is 14.5. The predicted octanol–water partition coefficient (Wildman–Crippen LogP) is 8.07. The van der Waals surface area contributed by atoms with Gasteiger partial charge in [0.1, 0.15) is 0 Å². The van der Waals surface area contributed by atoms with Gasteiger partial charge in [0.25, 0.3) is 0 Å². The van der Waals surface area contributed by atoms with Crippen molar-refractivity contribution < 1.29 is 0 Å². The Hall–Kier alpha value is 3.66. The van der Waals surface area contributed by atoms with Gasteiger partial charge in [-0.05, 0) is 96.1 Å². The minimum absolute atomic E-state index is 1.13. The van der Waals surface area contributed by atoms with E-state index in [4.69, 9.17) is 96.1 Å². The quantitative estimate of drug-likeness (QED) is 0.426. The first-order valence-electron chi connectivity index (χ1n) is 2.10. The summed E-state index contributed by atoms with van der Waals surface area (Å²) in [7, 11) is 42.2. The first-order chi connectivity index (χ1) is 5.37. The maximum atomic E-state index is 5.62. The van der Waals surface area contributed by atoms with Crippen LogP contribution in [-0.2, 0) is 0 Å². The highest BCUT2D eigenvalue weighted by Crippen LogP contribution is 2.95. The summed E-state index contributed by atoms with van der Waals surface area (Å²) in [6.45, 7) is 0. The van der Waals surface area contributed by atoms with Crippen LogP contribution in [0.3, 0.4) is 0 Å². The first-order valence-corrected chi connectivity index (χ1v) is 14.6. The lowest BCUT2D eigenvalue weighted by atomic mass is 11.9. The van der Waals surface area contributed by atoms with Crippen LogP contribution < -0.4 is 0 Å². The summed E-state index contributed by atoms with van der Waals surface area (Å²) in [5.41, 5.74) is 0. The molecule has 0 aromatic heterocycles. The second-order valence-corrected chi connectivity index (χ2v) is 24.0. The topological polar surface area (TPSA) is 0 Å². The van der Waals surface area contributed by atoms with Gasteiger partial charge in [0.05, 0.1) is 0 Å². The number of hydrogen-bond donors (Lipinski definition) is 0. The summed E-state index contributed by atoms with van der Waals surface area (Å²) in [4.78, 5) is 0. The Labute approximate surface area is 121 Å². The molecule has 0 saturated carbocycles. The fourth-order valence-electron chi connectivity index (χ4n) is 0.371. The standard InChI is InChI=1S/CHCl9S3/c2-11(3,4)1(12(5,6)7)13(8,9)10/h1H. The second-order valence-electron chi connectivity index (χ2n) is 1.62. The highest BCUT2D eigenvalue weighted by atomic mass is 36.2. The molecular formula is CHCl9S3. The van der Waals surface area contributed by atoms with Crippen LogP contribution in [0.4, 0.5) is 0 Å². The van der Waals surface area contributed by atoms with Crippen molar-refractivity contribution in [2.75, 3.05) is 0 Å². The molecule has 0 nitrogen and oxygen atoms in total. The Balaban J connectivity index is 5.02. The molecule has 0 rings (SSSR count). The zero-order chi connectivity index (χ0) is 11.1. The van der Waals surface area contributed by atoms with Gasteiger partial charge >= 0.3 is 0 Å². The third-order valence-corrected chi connectivity index (χ3v) is 17.7. The molecule has 0 spiro atoms. The molecule has 0 N–H and O–H groups in total. The van der Waals surface area contributed by atoms with E-state index in [-0.39, 0.29) is 0 Å². The summed E-state index contributed by atoms with van der Waals surface area (Å²) in [6.07, 6.45) is 0. The number of halogens is 9. The molecule has 0 amide bonds. The van der Waals surface area contributed by atoms with Crippen molar-refractivity contribution in [2.45, 2.75) is 3.91 Å². The Kier molecular flexibility index (Phi) is 7.09. The van der Waals surface area contributed by atoms with Gasteiger partial charge in [-0.15, -0.1) is 0 Å². The van der Waals surface area contributed by atoms with Gasteiger partial charge in [-0.25, -0.2) is 0 Å². The molecule has 0 radical (unpaired) electrons. The van der Waals surface area contributed by atoms with E-state index >= 15 is 0 Å². The molecule has 0 aliphatic rings. The van der Waals surface area contributed by atoms with Crippen molar-refractivity contribution in [1.29, 1.82) is 0 Å². The third kappa shape index (κ3) is 6.23. The van der Waals surface area contributed by atoms with E-state index in [1.165, 1.54) is 0 Å². The summed E-state index contributed by atoms with van der Waals surface area (Å²) in [6, 6.07) is 0. The van der Waals surface area contributed by atoms with Crippen molar-refractivity contribution >= 4 is 119 Å². The Morgan fingerprint density at radius 3 is 0.615 bits per heavy atom. The van der Waals surface area contributed by atoms with Crippen LogP contribution in [0.2, 0.25) is 0 Å². The van der Waals surface area contributed by atoms with Gasteiger partial charge in [-0.3, -0.25) is 0 Å². The van der Waals surface area contributed by atoms with Crippen LogP contribution in [0.15, 0.2) is 0 Å². The van der Waals surface area contributed by atoms with E-state index in [1.807, 2.05) is 0 Å². The van der Waals surface area contributed by atoms with E-state index in [2.05, 4.69) is 0 Å². The Morgan fingerprint density at radius 2 is 0.615 bits per heavy atom. The maximum absolute atomic E-state index is 5.62. The fraction of sp³-hybridized carbons (Fsp3) is 1.00. The van der Waals surface area contributed by atoms with E-state index in [0.717, 1.165) is 0 Å². The van der Waals surface area contributed by atoms with Gasteiger partial charge in [-0.1, -0.05) is 0 Å². The summed E-state index contributed by atoms with van der Waals surface area (Å²) >= 11 is 0. The monoisotopic (exact) mass is 424 g/mol. The third-order valence-electron chi connectivity index (χ3n) is 0.655. The van der Waals surface area contributed by atoms with Crippen LogP contribution in [0.5, 0.6) is 0 Å². The zero-order valence-electron chi connectivity index (χ0n) is 5.20. The van der Waals surface area contributed by atoms with Crippen molar-refractivity contribution in [3.8, 4) is 0 Å². The van der Waals surface area contributed by atoms with Crippen LogP contribution in [0, 0.1) is 0 Å². The molecular weight excluding hydrogens is 427 g/mol. The molecule has 0 unspecified atom stereocenters. The molecule has 12 heteroatoms. The lowest BCUT2D eigenvalue weighted by molar-refractivity contribution is 2.09. The maximum Gasteiger partial charge on any atom is 0.163 e. The van der Waals surface area contributed by atoms with Gasteiger partial charge in [0.15, 0.2) is 3.91 Å². The smallest absolute Gasteiger partial charge is 0.0330 e. The SMILES string of the molecule is ClS(Cl)(Cl)C(S(Cl)(Cl)Cl)S(Cl)(Cl)Cl. The van der Waals surface area contributed by atoms with E-state index in [9.17, 15) is 0 Å². The highest BCUT2D eigenvalue weighted by molar-refractivity contribution is 9.02. The molecule has 0 fully saturated rings.